The number of nitrogens with zero attached hydrogens (tertiary/aromatic N) is 2. The van der Waals surface area contributed by atoms with Crippen LogP contribution >= 0.6 is 0 Å². The van der Waals surface area contributed by atoms with E-state index in [1.165, 1.54) is 29.2 Å². The van der Waals surface area contributed by atoms with E-state index in [4.69, 9.17) is 18.9 Å². The summed E-state index contributed by atoms with van der Waals surface area (Å²) in [6, 6.07) is 14.2. The normalized spacial score (nSPS) is 15.5. The number of hydrogen-bond acceptors (Lipinski definition) is 9. The van der Waals surface area contributed by atoms with E-state index >= 15 is 0 Å². The summed E-state index contributed by atoms with van der Waals surface area (Å²) in [7, 11) is 0. The fourth-order valence-electron chi connectivity index (χ4n) is 3.94. The second-order valence-corrected chi connectivity index (χ2v) is 8.94. The number of non-ortho nitro benzene ring substituents is 1. The van der Waals surface area contributed by atoms with Gasteiger partial charge in [0.2, 0.25) is 0 Å². The van der Waals surface area contributed by atoms with E-state index in [1.54, 1.807) is 0 Å². The molecule has 1 aliphatic rings. The molecule has 0 aromatic heterocycles. The first-order chi connectivity index (χ1) is 18.9. The number of piperidine rings is 1. The molecule has 2 aromatic rings. The van der Waals surface area contributed by atoms with Crippen LogP contribution in [0.15, 0.2) is 54.6 Å². The summed E-state index contributed by atoms with van der Waals surface area (Å²) in [4.78, 5) is 49.4. The third kappa shape index (κ3) is 9.80. The van der Waals surface area contributed by atoms with Crippen molar-refractivity contribution in [2.45, 2.75) is 70.9 Å². The number of rotatable bonds is 11. The number of carbonyl (C=O) groups is 3. The summed E-state index contributed by atoms with van der Waals surface area (Å²) in [5.74, 6) is 0.0485. The first-order valence-electron chi connectivity index (χ1n) is 12.9. The number of hydrogen-bond donors (Lipinski definition) is 1. The third-order valence-corrected chi connectivity index (χ3v) is 5.97. The summed E-state index contributed by atoms with van der Waals surface area (Å²) in [6.07, 6.45) is 0.279. The number of unbranched alkanes of at least 4 members (excludes halogenated alkanes) is 2. The van der Waals surface area contributed by atoms with Crippen molar-refractivity contribution >= 4 is 24.0 Å². The number of ether oxygens (including phenoxy) is 4. The van der Waals surface area contributed by atoms with Crippen LogP contribution in [-0.4, -0.2) is 47.2 Å². The quantitative estimate of drug-likeness (QED) is 0.0696. The van der Waals surface area contributed by atoms with Gasteiger partial charge in [-0.05, 0) is 37.0 Å². The van der Waals surface area contributed by atoms with Crippen LogP contribution in [0.25, 0.3) is 0 Å². The van der Waals surface area contributed by atoms with Crippen LogP contribution in [0, 0.1) is 10.1 Å². The Morgan fingerprint density at radius 3 is 2.51 bits per heavy atom. The largest absolute Gasteiger partial charge is 0.515 e. The molecule has 1 heterocycles. The fraction of sp³-hybridized carbons (Fsp3) is 0.444. The minimum Gasteiger partial charge on any atom is -0.444 e. The lowest BCUT2D eigenvalue weighted by Gasteiger charge is -2.34. The minimum absolute atomic E-state index is 0.0485. The molecule has 2 atom stereocenters. The van der Waals surface area contributed by atoms with E-state index in [-0.39, 0.29) is 18.0 Å². The molecule has 1 fully saturated rings. The Balaban J connectivity index is 1.55. The SMILES string of the molecule is CCCCCC(NC(=O)OC1CCCCN1C(=O)OCc1ccccc1)OC(=O)Oc1ccc([N+](=O)[O-])cc1. The van der Waals surface area contributed by atoms with Crippen LogP contribution < -0.4 is 10.1 Å². The number of likely N-dealkylation sites (tertiary alicyclic amines) is 1. The Hall–Kier alpha value is -4.35. The maximum Gasteiger partial charge on any atom is 0.515 e. The molecule has 39 heavy (non-hydrogen) atoms. The van der Waals surface area contributed by atoms with Gasteiger partial charge in [0, 0.05) is 31.5 Å². The molecule has 2 amide bonds. The molecule has 0 saturated carbocycles. The predicted molar refractivity (Wildman–Crippen MR) is 139 cm³/mol. The maximum atomic E-state index is 12.7. The molecule has 12 heteroatoms. The van der Waals surface area contributed by atoms with Crippen molar-refractivity contribution in [2.75, 3.05) is 6.54 Å². The highest BCUT2D eigenvalue weighted by Gasteiger charge is 2.32. The molecule has 0 bridgehead atoms. The van der Waals surface area contributed by atoms with E-state index in [9.17, 15) is 24.5 Å². The number of benzene rings is 2. The van der Waals surface area contributed by atoms with Crippen molar-refractivity contribution in [2.24, 2.45) is 0 Å². The fourth-order valence-corrected chi connectivity index (χ4v) is 3.94. The van der Waals surface area contributed by atoms with Gasteiger partial charge < -0.3 is 18.9 Å². The Bertz CT molecular complexity index is 1100. The van der Waals surface area contributed by atoms with E-state index in [2.05, 4.69) is 5.32 Å². The lowest BCUT2D eigenvalue weighted by atomic mass is 10.1. The summed E-state index contributed by atoms with van der Waals surface area (Å²) >= 11 is 0. The van der Waals surface area contributed by atoms with E-state index in [1.807, 2.05) is 37.3 Å². The predicted octanol–water partition coefficient (Wildman–Crippen LogP) is 5.89. The second-order valence-electron chi connectivity index (χ2n) is 8.94. The Morgan fingerprint density at radius 2 is 1.82 bits per heavy atom. The smallest absolute Gasteiger partial charge is 0.444 e. The van der Waals surface area contributed by atoms with Crippen LogP contribution in [0.2, 0.25) is 0 Å². The molecule has 1 N–H and O–H groups in total. The Morgan fingerprint density at radius 1 is 1.08 bits per heavy atom. The Kier molecular flexibility index (Phi) is 11.4. The lowest BCUT2D eigenvalue weighted by Crippen LogP contribution is -2.49. The monoisotopic (exact) mass is 543 g/mol. The topological polar surface area (TPSA) is 147 Å². The van der Waals surface area contributed by atoms with Crippen molar-refractivity contribution in [3.8, 4) is 5.75 Å². The average molecular weight is 544 g/mol. The molecule has 0 aliphatic carbocycles. The van der Waals surface area contributed by atoms with Gasteiger partial charge in [0.15, 0.2) is 12.5 Å². The molecule has 0 radical (unpaired) electrons. The van der Waals surface area contributed by atoms with Crippen molar-refractivity contribution < 1.29 is 38.3 Å². The van der Waals surface area contributed by atoms with Crippen molar-refractivity contribution in [3.63, 3.8) is 0 Å². The number of nitrogens with one attached hydrogen (secondary N) is 1. The van der Waals surface area contributed by atoms with Crippen LogP contribution in [0.1, 0.15) is 57.4 Å². The van der Waals surface area contributed by atoms with Gasteiger partial charge in [-0.2, -0.15) is 0 Å². The number of carbonyl (C=O) groups excluding carboxylic acids is 3. The molecule has 3 rings (SSSR count). The number of amides is 2. The number of nitro groups is 1. The molecule has 0 spiro atoms. The first kappa shape index (κ1) is 29.2. The van der Waals surface area contributed by atoms with Crippen molar-refractivity contribution in [3.05, 3.63) is 70.3 Å². The van der Waals surface area contributed by atoms with Gasteiger partial charge in [0.25, 0.3) is 5.69 Å². The average Bonchev–Trinajstić information content (AvgIpc) is 2.93. The molecule has 2 aromatic carbocycles. The van der Waals surface area contributed by atoms with Crippen LogP contribution in [0.4, 0.5) is 20.1 Å². The zero-order chi connectivity index (χ0) is 28.0. The molecular weight excluding hydrogens is 510 g/mol. The van der Waals surface area contributed by atoms with Gasteiger partial charge in [0.05, 0.1) is 4.92 Å². The standard InChI is InChI=1S/C27H33N3O9/c1-2-3-5-12-23(38-27(33)37-22-16-14-21(15-17-22)30(34)35)28-25(31)39-24-13-8-9-18-29(24)26(32)36-19-20-10-6-4-7-11-20/h4,6-7,10-11,14-17,23-24H,2-3,5,8-9,12-13,18-19H2,1H3,(H,28,31). The van der Waals surface area contributed by atoms with Gasteiger partial charge in [-0.25, -0.2) is 14.4 Å². The minimum atomic E-state index is -1.09. The third-order valence-electron chi connectivity index (χ3n) is 5.97. The van der Waals surface area contributed by atoms with E-state index < -0.39 is 35.7 Å². The second kappa shape index (κ2) is 15.2. The van der Waals surface area contributed by atoms with Gasteiger partial charge in [-0.1, -0.05) is 50.1 Å². The van der Waals surface area contributed by atoms with Gasteiger partial charge in [0.1, 0.15) is 12.4 Å². The Labute approximate surface area is 226 Å². The highest BCUT2D eigenvalue weighted by atomic mass is 16.7. The molecule has 12 nitrogen and oxygen atoms in total. The lowest BCUT2D eigenvalue weighted by molar-refractivity contribution is -0.384. The summed E-state index contributed by atoms with van der Waals surface area (Å²) < 4.78 is 21.3. The van der Waals surface area contributed by atoms with Crippen LogP contribution in [0.3, 0.4) is 0 Å². The van der Waals surface area contributed by atoms with Crippen LogP contribution in [-0.2, 0) is 20.8 Å². The first-order valence-corrected chi connectivity index (χ1v) is 12.9. The van der Waals surface area contributed by atoms with Gasteiger partial charge in [-0.3, -0.25) is 20.3 Å². The highest BCUT2D eigenvalue weighted by Crippen LogP contribution is 2.21. The zero-order valence-corrected chi connectivity index (χ0v) is 21.8. The van der Waals surface area contributed by atoms with Gasteiger partial charge >= 0.3 is 18.3 Å². The zero-order valence-electron chi connectivity index (χ0n) is 21.8. The molecular formula is C27H33N3O9. The molecule has 1 aliphatic heterocycles. The number of nitro benzene ring substituents is 1. The summed E-state index contributed by atoms with van der Waals surface area (Å²) in [5.41, 5.74) is 0.684. The number of alkyl carbamates (subject to hydrolysis) is 1. The van der Waals surface area contributed by atoms with Crippen LogP contribution in [0.5, 0.6) is 5.75 Å². The molecule has 1 saturated heterocycles. The highest BCUT2D eigenvalue weighted by molar-refractivity contribution is 5.71. The van der Waals surface area contributed by atoms with E-state index in [0.717, 1.165) is 31.2 Å². The summed E-state index contributed by atoms with van der Waals surface area (Å²) in [6.45, 7) is 2.48. The maximum absolute atomic E-state index is 12.7. The summed E-state index contributed by atoms with van der Waals surface area (Å²) in [5, 5.41) is 13.3. The molecule has 210 valence electrons. The van der Waals surface area contributed by atoms with E-state index in [0.29, 0.717) is 25.8 Å². The van der Waals surface area contributed by atoms with Crippen molar-refractivity contribution in [1.82, 2.24) is 10.2 Å². The van der Waals surface area contributed by atoms with Gasteiger partial charge in [-0.15, -0.1) is 0 Å². The molecule has 2 unspecified atom stereocenters. The van der Waals surface area contributed by atoms with Crippen molar-refractivity contribution in [1.29, 1.82) is 0 Å².